The fourth-order valence-corrected chi connectivity index (χ4v) is 4.78. The SMILES string of the molecule is CCN(CC)C1CCN(C2(CN)CCCC(C)C2C)C1. The van der Waals surface area contributed by atoms with Gasteiger partial charge in [0.25, 0.3) is 0 Å². The molecule has 0 aromatic heterocycles. The first kappa shape index (κ1) is 16.3. The van der Waals surface area contributed by atoms with Crippen molar-refractivity contribution in [1.82, 2.24) is 9.80 Å². The van der Waals surface area contributed by atoms with Gasteiger partial charge in [0.05, 0.1) is 0 Å². The van der Waals surface area contributed by atoms with E-state index in [1.165, 1.54) is 51.9 Å². The normalized spacial score (nSPS) is 39.6. The van der Waals surface area contributed by atoms with E-state index in [9.17, 15) is 0 Å². The fraction of sp³-hybridized carbons (Fsp3) is 1.00. The Kier molecular flexibility index (Phi) is 5.49. The summed E-state index contributed by atoms with van der Waals surface area (Å²) in [6, 6.07) is 0.748. The van der Waals surface area contributed by atoms with Crippen LogP contribution in [0.2, 0.25) is 0 Å². The van der Waals surface area contributed by atoms with Crippen LogP contribution >= 0.6 is 0 Å². The lowest BCUT2D eigenvalue weighted by atomic mass is 9.67. The quantitative estimate of drug-likeness (QED) is 0.840. The van der Waals surface area contributed by atoms with E-state index in [-0.39, 0.29) is 5.54 Å². The first-order chi connectivity index (χ1) is 9.58. The molecule has 0 aromatic carbocycles. The molecule has 0 bridgehead atoms. The second-order valence-electron chi connectivity index (χ2n) is 7.08. The van der Waals surface area contributed by atoms with E-state index in [2.05, 4.69) is 37.5 Å². The minimum atomic E-state index is 0.277. The molecule has 2 rings (SSSR count). The zero-order valence-electron chi connectivity index (χ0n) is 14.1. The zero-order chi connectivity index (χ0) is 14.8. The average molecular weight is 281 g/mol. The average Bonchev–Trinajstić information content (AvgIpc) is 2.94. The fourth-order valence-electron chi connectivity index (χ4n) is 4.78. The highest BCUT2D eigenvalue weighted by Crippen LogP contribution is 2.42. The highest BCUT2D eigenvalue weighted by atomic mass is 15.3. The van der Waals surface area contributed by atoms with Gasteiger partial charge in [-0.1, -0.05) is 40.5 Å². The summed E-state index contributed by atoms with van der Waals surface area (Å²) in [5, 5.41) is 0. The molecule has 0 aromatic rings. The molecule has 0 spiro atoms. The van der Waals surface area contributed by atoms with Crippen LogP contribution in [0.3, 0.4) is 0 Å². The Balaban J connectivity index is 2.09. The molecule has 4 unspecified atom stereocenters. The molecule has 1 saturated carbocycles. The summed E-state index contributed by atoms with van der Waals surface area (Å²) in [6.45, 7) is 15.1. The second kappa shape index (κ2) is 6.76. The molecule has 1 aliphatic heterocycles. The van der Waals surface area contributed by atoms with Gasteiger partial charge in [0, 0.05) is 31.2 Å². The lowest BCUT2D eigenvalue weighted by molar-refractivity contribution is 0.000288. The number of nitrogens with two attached hydrogens (primary N) is 1. The van der Waals surface area contributed by atoms with Gasteiger partial charge in [-0.25, -0.2) is 0 Å². The third-order valence-electron chi connectivity index (χ3n) is 6.45. The van der Waals surface area contributed by atoms with Crippen molar-refractivity contribution >= 4 is 0 Å². The van der Waals surface area contributed by atoms with Gasteiger partial charge in [0.15, 0.2) is 0 Å². The monoisotopic (exact) mass is 281 g/mol. The Hall–Kier alpha value is -0.120. The molecule has 2 N–H and O–H groups in total. The van der Waals surface area contributed by atoms with Crippen LogP contribution in [0.1, 0.15) is 53.4 Å². The van der Waals surface area contributed by atoms with Gasteiger partial charge in [-0.15, -0.1) is 0 Å². The van der Waals surface area contributed by atoms with E-state index in [0.29, 0.717) is 0 Å². The van der Waals surface area contributed by atoms with Crippen molar-refractivity contribution < 1.29 is 0 Å². The van der Waals surface area contributed by atoms with Crippen LogP contribution < -0.4 is 5.73 Å². The van der Waals surface area contributed by atoms with Crippen LogP contribution in [-0.2, 0) is 0 Å². The maximum Gasteiger partial charge on any atom is 0.0360 e. The molecule has 0 radical (unpaired) electrons. The molecule has 2 aliphatic rings. The van der Waals surface area contributed by atoms with E-state index >= 15 is 0 Å². The van der Waals surface area contributed by atoms with Crippen molar-refractivity contribution in [1.29, 1.82) is 0 Å². The lowest BCUT2D eigenvalue weighted by Gasteiger charge is -2.51. The molecule has 3 heteroatoms. The smallest absolute Gasteiger partial charge is 0.0360 e. The molecule has 3 nitrogen and oxygen atoms in total. The molecule has 2 fully saturated rings. The summed E-state index contributed by atoms with van der Waals surface area (Å²) in [5.41, 5.74) is 6.58. The Morgan fingerprint density at radius 2 is 1.90 bits per heavy atom. The highest BCUT2D eigenvalue weighted by Gasteiger charge is 2.47. The van der Waals surface area contributed by atoms with Gasteiger partial charge >= 0.3 is 0 Å². The Morgan fingerprint density at radius 1 is 1.20 bits per heavy atom. The molecule has 0 amide bonds. The largest absolute Gasteiger partial charge is 0.329 e. The molecule has 1 saturated heterocycles. The van der Waals surface area contributed by atoms with Gasteiger partial charge < -0.3 is 5.73 Å². The second-order valence-corrected chi connectivity index (χ2v) is 7.08. The van der Waals surface area contributed by atoms with E-state index in [0.717, 1.165) is 24.4 Å². The third kappa shape index (κ3) is 2.77. The van der Waals surface area contributed by atoms with Crippen LogP contribution in [0, 0.1) is 11.8 Å². The predicted molar refractivity (Wildman–Crippen MR) is 86.9 cm³/mol. The number of rotatable bonds is 5. The molecule has 118 valence electrons. The summed E-state index contributed by atoms with van der Waals surface area (Å²) in [7, 11) is 0. The summed E-state index contributed by atoms with van der Waals surface area (Å²) >= 11 is 0. The maximum atomic E-state index is 6.30. The van der Waals surface area contributed by atoms with Crippen molar-refractivity contribution in [2.24, 2.45) is 17.6 Å². The Bertz CT molecular complexity index is 303. The summed E-state index contributed by atoms with van der Waals surface area (Å²) in [6.07, 6.45) is 5.37. The van der Waals surface area contributed by atoms with Crippen molar-refractivity contribution in [2.75, 3.05) is 32.7 Å². The Labute approximate surface area is 125 Å². The van der Waals surface area contributed by atoms with Crippen molar-refractivity contribution in [2.45, 2.75) is 65.0 Å². The van der Waals surface area contributed by atoms with E-state index in [1.807, 2.05) is 0 Å². The van der Waals surface area contributed by atoms with Crippen molar-refractivity contribution in [3.8, 4) is 0 Å². The van der Waals surface area contributed by atoms with Gasteiger partial charge in [-0.3, -0.25) is 9.80 Å². The van der Waals surface area contributed by atoms with Crippen molar-refractivity contribution in [3.05, 3.63) is 0 Å². The topological polar surface area (TPSA) is 32.5 Å². The van der Waals surface area contributed by atoms with Gasteiger partial charge in [-0.05, 0) is 37.8 Å². The number of hydrogen-bond acceptors (Lipinski definition) is 3. The van der Waals surface area contributed by atoms with Crippen LogP contribution in [0.15, 0.2) is 0 Å². The van der Waals surface area contributed by atoms with Crippen LogP contribution in [-0.4, -0.2) is 54.1 Å². The number of nitrogens with zero attached hydrogens (tertiary/aromatic N) is 2. The molecule has 20 heavy (non-hydrogen) atoms. The molecule has 1 aliphatic carbocycles. The van der Waals surface area contributed by atoms with Gasteiger partial charge in [0.2, 0.25) is 0 Å². The first-order valence-electron chi connectivity index (χ1n) is 8.78. The van der Waals surface area contributed by atoms with Crippen molar-refractivity contribution in [3.63, 3.8) is 0 Å². The van der Waals surface area contributed by atoms with Crippen LogP contribution in [0.5, 0.6) is 0 Å². The predicted octanol–water partition coefficient (Wildman–Crippen LogP) is 2.56. The summed E-state index contributed by atoms with van der Waals surface area (Å²) in [5.74, 6) is 1.55. The lowest BCUT2D eigenvalue weighted by Crippen LogP contribution is -2.60. The van der Waals surface area contributed by atoms with Gasteiger partial charge in [0.1, 0.15) is 0 Å². The zero-order valence-corrected chi connectivity index (χ0v) is 14.1. The van der Waals surface area contributed by atoms with Gasteiger partial charge in [-0.2, -0.15) is 0 Å². The molecular formula is C17H35N3. The first-order valence-corrected chi connectivity index (χ1v) is 8.78. The van der Waals surface area contributed by atoms with Crippen LogP contribution in [0.25, 0.3) is 0 Å². The Morgan fingerprint density at radius 3 is 2.50 bits per heavy atom. The molecular weight excluding hydrogens is 246 g/mol. The molecule has 1 heterocycles. The molecule has 4 atom stereocenters. The number of likely N-dealkylation sites (tertiary alicyclic amines) is 1. The number of likely N-dealkylation sites (N-methyl/N-ethyl adjacent to an activating group) is 1. The van der Waals surface area contributed by atoms with E-state index in [1.54, 1.807) is 0 Å². The van der Waals surface area contributed by atoms with E-state index < -0.39 is 0 Å². The standard InChI is InChI=1S/C17H35N3/c1-5-19(6-2)16-9-11-20(12-16)17(13-18)10-7-8-14(3)15(17)4/h14-16H,5-13,18H2,1-4H3. The third-order valence-corrected chi connectivity index (χ3v) is 6.45. The van der Waals surface area contributed by atoms with E-state index in [4.69, 9.17) is 5.73 Å². The highest BCUT2D eigenvalue weighted by molar-refractivity contribution is 5.03. The summed E-state index contributed by atoms with van der Waals surface area (Å²) < 4.78 is 0. The number of hydrogen-bond donors (Lipinski definition) is 1. The maximum absolute atomic E-state index is 6.30. The summed E-state index contributed by atoms with van der Waals surface area (Å²) in [4.78, 5) is 5.39. The minimum absolute atomic E-state index is 0.277. The van der Waals surface area contributed by atoms with Crippen LogP contribution in [0.4, 0.5) is 0 Å². The minimum Gasteiger partial charge on any atom is -0.329 e.